The number of nitrogens with one attached hydrogen (secondary N) is 1. The molecule has 1 atom stereocenters. The summed E-state index contributed by atoms with van der Waals surface area (Å²) >= 11 is 1.43. The van der Waals surface area contributed by atoms with Gasteiger partial charge >= 0.3 is 0 Å². The van der Waals surface area contributed by atoms with E-state index in [0.29, 0.717) is 29.8 Å². The second-order valence-electron chi connectivity index (χ2n) is 8.63. The van der Waals surface area contributed by atoms with Gasteiger partial charge in [-0.15, -0.1) is 11.3 Å². The molecule has 2 aliphatic heterocycles. The van der Waals surface area contributed by atoms with Gasteiger partial charge in [0.15, 0.2) is 5.13 Å². The number of carbonyl (C=O) groups is 2. The lowest BCUT2D eigenvalue weighted by molar-refractivity contribution is -0.138. The average Bonchev–Trinajstić information content (AvgIpc) is 3.23. The van der Waals surface area contributed by atoms with E-state index in [1.54, 1.807) is 0 Å². The fourth-order valence-electron chi connectivity index (χ4n) is 4.33. The maximum atomic E-state index is 12.9. The molecular weight excluding hydrogens is 396 g/mol. The molecule has 6 nitrogen and oxygen atoms in total. The van der Waals surface area contributed by atoms with Crippen molar-refractivity contribution in [2.24, 2.45) is 11.8 Å². The number of rotatable bonds is 4. The van der Waals surface area contributed by atoms with Gasteiger partial charge in [-0.2, -0.15) is 0 Å². The van der Waals surface area contributed by atoms with Crippen LogP contribution < -0.4 is 5.32 Å². The van der Waals surface area contributed by atoms with Gasteiger partial charge in [0, 0.05) is 43.2 Å². The summed E-state index contributed by atoms with van der Waals surface area (Å²) in [5.74, 6) is 0.887. The molecule has 0 aliphatic carbocycles. The Morgan fingerprint density at radius 2 is 1.80 bits per heavy atom. The molecule has 2 saturated heterocycles. The van der Waals surface area contributed by atoms with Crippen LogP contribution in [0, 0.1) is 18.8 Å². The predicted octanol–water partition coefficient (Wildman–Crippen LogP) is 4.31. The number of aromatic nitrogens is 1. The minimum absolute atomic E-state index is 0.0410. The highest BCUT2D eigenvalue weighted by molar-refractivity contribution is 7.14. The third-order valence-electron chi connectivity index (χ3n) is 6.13. The van der Waals surface area contributed by atoms with Gasteiger partial charge in [0.2, 0.25) is 5.91 Å². The monoisotopic (exact) mass is 426 g/mol. The number of benzene rings is 1. The van der Waals surface area contributed by atoms with Crippen molar-refractivity contribution in [2.75, 3.05) is 31.5 Å². The van der Waals surface area contributed by atoms with Crippen LogP contribution in [-0.2, 0) is 4.79 Å². The van der Waals surface area contributed by atoms with Crippen LogP contribution in [0.4, 0.5) is 10.8 Å². The third-order valence-corrected chi connectivity index (χ3v) is 6.88. The van der Waals surface area contributed by atoms with Crippen molar-refractivity contribution in [1.82, 2.24) is 14.8 Å². The van der Waals surface area contributed by atoms with Crippen LogP contribution in [0.25, 0.3) is 0 Å². The molecule has 1 N–H and O–H groups in total. The van der Waals surface area contributed by atoms with Crippen molar-refractivity contribution in [2.45, 2.75) is 39.5 Å². The summed E-state index contributed by atoms with van der Waals surface area (Å²) in [5.41, 5.74) is 2.64. The van der Waals surface area contributed by atoms with E-state index in [2.05, 4.69) is 17.2 Å². The van der Waals surface area contributed by atoms with Crippen molar-refractivity contribution in [3.05, 3.63) is 40.9 Å². The zero-order valence-electron chi connectivity index (χ0n) is 17.8. The first-order valence-electron chi connectivity index (χ1n) is 10.9. The minimum atomic E-state index is -0.0410. The number of piperidine rings is 2. The number of likely N-dealkylation sites (tertiary alicyclic amines) is 2. The Bertz CT molecular complexity index is 887. The van der Waals surface area contributed by atoms with Crippen molar-refractivity contribution in [3.8, 4) is 0 Å². The van der Waals surface area contributed by atoms with Gasteiger partial charge in [0.05, 0.1) is 0 Å². The van der Waals surface area contributed by atoms with E-state index in [9.17, 15) is 9.59 Å². The molecule has 0 saturated carbocycles. The largest absolute Gasteiger partial charge is 0.342 e. The predicted molar refractivity (Wildman–Crippen MR) is 120 cm³/mol. The molecule has 0 radical (unpaired) electrons. The molecule has 2 aromatic rings. The number of aryl methyl sites for hydroxylation is 1. The van der Waals surface area contributed by atoms with Gasteiger partial charge in [0.1, 0.15) is 5.69 Å². The van der Waals surface area contributed by atoms with E-state index in [-0.39, 0.29) is 17.7 Å². The quantitative estimate of drug-likeness (QED) is 0.791. The topological polar surface area (TPSA) is 65.5 Å². The maximum absolute atomic E-state index is 12.9. The van der Waals surface area contributed by atoms with Crippen molar-refractivity contribution >= 4 is 34.0 Å². The van der Waals surface area contributed by atoms with Gasteiger partial charge in [-0.3, -0.25) is 9.59 Å². The highest BCUT2D eigenvalue weighted by atomic mass is 32.1. The van der Waals surface area contributed by atoms with E-state index in [4.69, 9.17) is 0 Å². The molecule has 2 amide bonds. The Labute approximate surface area is 182 Å². The SMILES string of the molecule is Cc1ccc(Nc2nc(C(=O)N3CCC(C(=O)N4CCC[C@H](C)C4)CC3)cs2)cc1. The number of thiazole rings is 1. The van der Waals surface area contributed by atoms with Gasteiger partial charge < -0.3 is 15.1 Å². The molecule has 1 aromatic heterocycles. The zero-order valence-corrected chi connectivity index (χ0v) is 18.6. The third kappa shape index (κ3) is 4.83. The number of hydrogen-bond acceptors (Lipinski definition) is 5. The summed E-state index contributed by atoms with van der Waals surface area (Å²) in [7, 11) is 0. The lowest BCUT2D eigenvalue weighted by Crippen LogP contribution is -2.47. The van der Waals surface area contributed by atoms with Gasteiger partial charge in [-0.1, -0.05) is 24.6 Å². The fraction of sp³-hybridized carbons (Fsp3) is 0.522. The summed E-state index contributed by atoms with van der Waals surface area (Å²) < 4.78 is 0. The zero-order chi connectivity index (χ0) is 21.1. The molecule has 160 valence electrons. The molecule has 7 heteroatoms. The summed E-state index contributed by atoms with van der Waals surface area (Å²) in [6.45, 7) is 7.28. The Morgan fingerprint density at radius 1 is 1.07 bits per heavy atom. The molecule has 0 unspecified atom stereocenters. The Hall–Kier alpha value is -2.41. The number of hydrogen-bond donors (Lipinski definition) is 1. The van der Waals surface area contributed by atoms with Crippen LogP contribution in [0.3, 0.4) is 0 Å². The molecule has 30 heavy (non-hydrogen) atoms. The van der Waals surface area contributed by atoms with E-state index in [1.165, 1.54) is 23.3 Å². The molecule has 4 rings (SSSR count). The highest BCUT2D eigenvalue weighted by Gasteiger charge is 2.32. The number of anilines is 2. The Kier molecular flexibility index (Phi) is 6.37. The lowest BCUT2D eigenvalue weighted by Gasteiger charge is -2.37. The Balaban J connectivity index is 1.30. The second-order valence-corrected chi connectivity index (χ2v) is 9.49. The normalized spacial score (nSPS) is 20.3. The van der Waals surface area contributed by atoms with Gasteiger partial charge in [-0.25, -0.2) is 4.98 Å². The molecule has 3 heterocycles. The van der Waals surface area contributed by atoms with Crippen LogP contribution in [-0.4, -0.2) is 52.8 Å². The Morgan fingerprint density at radius 3 is 2.50 bits per heavy atom. The number of nitrogens with zero attached hydrogens (tertiary/aromatic N) is 3. The summed E-state index contributed by atoms with van der Waals surface area (Å²) in [6, 6.07) is 8.09. The average molecular weight is 427 g/mol. The molecule has 0 bridgehead atoms. The standard InChI is InChI=1S/C23H30N4O2S/c1-16-5-7-19(8-6-16)24-23-25-20(15-30-23)22(29)26-12-9-18(10-13-26)21(28)27-11-3-4-17(2)14-27/h5-8,15,17-18H,3-4,9-14H2,1-2H3,(H,24,25)/t17-/m0/s1. The first-order chi connectivity index (χ1) is 14.5. The summed E-state index contributed by atoms with van der Waals surface area (Å²) in [6.07, 6.45) is 3.81. The van der Waals surface area contributed by atoms with Gasteiger partial charge in [0.25, 0.3) is 5.91 Å². The molecule has 1 aromatic carbocycles. The summed E-state index contributed by atoms with van der Waals surface area (Å²) in [4.78, 5) is 34.1. The number of amides is 2. The maximum Gasteiger partial charge on any atom is 0.273 e. The summed E-state index contributed by atoms with van der Waals surface area (Å²) in [5, 5.41) is 5.78. The molecule has 2 aliphatic rings. The van der Waals surface area contributed by atoms with E-state index >= 15 is 0 Å². The molecule has 2 fully saturated rings. The first kappa shape index (κ1) is 20.8. The smallest absolute Gasteiger partial charge is 0.273 e. The highest BCUT2D eigenvalue weighted by Crippen LogP contribution is 2.26. The van der Waals surface area contributed by atoms with Crippen molar-refractivity contribution in [3.63, 3.8) is 0 Å². The van der Waals surface area contributed by atoms with Gasteiger partial charge in [-0.05, 0) is 50.7 Å². The van der Waals surface area contributed by atoms with E-state index in [0.717, 1.165) is 38.0 Å². The van der Waals surface area contributed by atoms with Crippen molar-refractivity contribution in [1.29, 1.82) is 0 Å². The first-order valence-corrected chi connectivity index (χ1v) is 11.7. The lowest BCUT2D eigenvalue weighted by atomic mass is 9.92. The minimum Gasteiger partial charge on any atom is -0.342 e. The van der Waals surface area contributed by atoms with Crippen LogP contribution in [0.1, 0.15) is 48.7 Å². The molecular formula is C23H30N4O2S. The number of carbonyl (C=O) groups excluding carboxylic acids is 2. The van der Waals surface area contributed by atoms with E-state index < -0.39 is 0 Å². The van der Waals surface area contributed by atoms with Crippen LogP contribution in [0.5, 0.6) is 0 Å². The van der Waals surface area contributed by atoms with Crippen LogP contribution in [0.2, 0.25) is 0 Å². The van der Waals surface area contributed by atoms with Crippen LogP contribution in [0.15, 0.2) is 29.6 Å². The van der Waals surface area contributed by atoms with E-state index in [1.807, 2.05) is 46.4 Å². The second kappa shape index (κ2) is 9.16. The van der Waals surface area contributed by atoms with Crippen LogP contribution >= 0.6 is 11.3 Å². The van der Waals surface area contributed by atoms with Crippen molar-refractivity contribution < 1.29 is 9.59 Å². The fourth-order valence-corrected chi connectivity index (χ4v) is 5.03. The molecule has 0 spiro atoms.